The maximum Gasteiger partial charge on any atom is 0.196 e. The van der Waals surface area contributed by atoms with E-state index in [1.165, 1.54) is 0 Å². The second-order valence-corrected chi connectivity index (χ2v) is 3.55. The Kier molecular flexibility index (Phi) is 2.87. The van der Waals surface area contributed by atoms with Gasteiger partial charge in [0.25, 0.3) is 0 Å². The van der Waals surface area contributed by atoms with Crippen LogP contribution in [-0.2, 0) is 0 Å². The first-order chi connectivity index (χ1) is 8.20. The van der Waals surface area contributed by atoms with Crippen LogP contribution in [0.25, 0.3) is 0 Å². The molecule has 1 aromatic heterocycles. The van der Waals surface area contributed by atoms with Gasteiger partial charge in [-0.25, -0.2) is 0 Å². The van der Waals surface area contributed by atoms with Crippen LogP contribution in [0.2, 0.25) is 0 Å². The molecule has 0 bridgehead atoms. The Morgan fingerprint density at radius 2 is 2.35 bits per heavy atom. The minimum Gasteiger partial charge on any atom is -0.399 e. The summed E-state index contributed by atoms with van der Waals surface area (Å²) in [6, 6.07) is 7.03. The van der Waals surface area contributed by atoms with E-state index in [2.05, 4.69) is 32.0 Å². The number of nitrogens with two attached hydrogens (primary N) is 1. The molecule has 0 radical (unpaired) electrons. The fraction of sp³-hybridized carbons (Fsp3) is 0.200. The lowest BCUT2D eigenvalue weighted by molar-refractivity contribution is 0.793. The van der Waals surface area contributed by atoms with Gasteiger partial charge in [-0.3, -0.25) is 0 Å². The lowest BCUT2D eigenvalue weighted by Crippen LogP contribution is -2.09. The van der Waals surface area contributed by atoms with E-state index in [0.717, 1.165) is 0 Å². The van der Waals surface area contributed by atoms with Crippen LogP contribution in [-0.4, -0.2) is 20.6 Å². The second-order valence-electron chi connectivity index (χ2n) is 3.55. The number of nitrogens with zero attached hydrogens (tertiary/aromatic N) is 4. The van der Waals surface area contributed by atoms with Gasteiger partial charge in [0.15, 0.2) is 5.82 Å². The molecule has 0 aliphatic carbocycles. The zero-order chi connectivity index (χ0) is 12.3. The molecule has 0 saturated carbocycles. The van der Waals surface area contributed by atoms with E-state index in [-0.39, 0.29) is 6.04 Å². The number of aromatic nitrogens is 4. The molecule has 4 N–H and O–H groups in total. The molecule has 7 heteroatoms. The largest absolute Gasteiger partial charge is 0.399 e. The smallest absolute Gasteiger partial charge is 0.196 e. The summed E-state index contributed by atoms with van der Waals surface area (Å²) in [4.78, 5) is 0. The fourth-order valence-corrected chi connectivity index (χ4v) is 1.43. The molecule has 1 atom stereocenters. The number of hydrogen-bond donors (Lipinski definition) is 3. The molecule has 0 fully saturated rings. The zero-order valence-electron chi connectivity index (χ0n) is 9.18. The molecule has 1 heterocycles. The number of aromatic amines is 1. The monoisotopic (exact) mass is 229 g/mol. The van der Waals surface area contributed by atoms with Crippen LogP contribution in [0.1, 0.15) is 24.4 Å². The highest BCUT2D eigenvalue weighted by atomic mass is 15.5. The Hall–Kier alpha value is -2.62. The topological polar surface area (TPSA) is 116 Å². The lowest BCUT2D eigenvalue weighted by atomic mass is 10.1. The van der Waals surface area contributed by atoms with Gasteiger partial charge in [0, 0.05) is 5.69 Å². The highest BCUT2D eigenvalue weighted by Gasteiger charge is 2.12. The maximum absolute atomic E-state index is 8.99. The van der Waals surface area contributed by atoms with Gasteiger partial charge >= 0.3 is 0 Å². The molecular weight excluding hydrogens is 218 g/mol. The predicted molar refractivity (Wildman–Crippen MR) is 61.8 cm³/mol. The molecule has 1 aromatic carbocycles. The molecule has 0 spiro atoms. The first-order valence-electron chi connectivity index (χ1n) is 5.00. The number of nitriles is 1. The third kappa shape index (κ3) is 2.31. The summed E-state index contributed by atoms with van der Waals surface area (Å²) in [5.41, 5.74) is 7.34. The van der Waals surface area contributed by atoms with Gasteiger partial charge in [0.05, 0.1) is 17.3 Å². The Morgan fingerprint density at radius 1 is 1.53 bits per heavy atom. The predicted octanol–water partition coefficient (Wildman–Crippen LogP) is 0.827. The number of benzene rings is 1. The van der Waals surface area contributed by atoms with Gasteiger partial charge < -0.3 is 11.1 Å². The van der Waals surface area contributed by atoms with Gasteiger partial charge in [-0.2, -0.15) is 10.5 Å². The van der Waals surface area contributed by atoms with Gasteiger partial charge in [0.1, 0.15) is 6.07 Å². The average Bonchev–Trinajstić information content (AvgIpc) is 2.85. The van der Waals surface area contributed by atoms with Gasteiger partial charge in [0.2, 0.25) is 0 Å². The van der Waals surface area contributed by atoms with Crippen molar-refractivity contribution in [2.45, 2.75) is 13.0 Å². The average molecular weight is 229 g/mol. The van der Waals surface area contributed by atoms with Crippen LogP contribution in [0.15, 0.2) is 18.2 Å². The molecule has 1 unspecified atom stereocenters. The van der Waals surface area contributed by atoms with Crippen molar-refractivity contribution >= 4 is 11.4 Å². The highest BCUT2D eigenvalue weighted by Crippen LogP contribution is 2.21. The van der Waals surface area contributed by atoms with E-state index in [1.807, 2.05) is 6.92 Å². The third-order valence-corrected chi connectivity index (χ3v) is 2.29. The minimum atomic E-state index is -0.149. The number of rotatable bonds is 3. The van der Waals surface area contributed by atoms with Crippen molar-refractivity contribution in [3.63, 3.8) is 0 Å². The summed E-state index contributed by atoms with van der Waals surface area (Å²) in [5.74, 6) is 0.533. The van der Waals surface area contributed by atoms with Crippen LogP contribution < -0.4 is 11.1 Å². The van der Waals surface area contributed by atoms with Crippen molar-refractivity contribution in [1.82, 2.24) is 20.6 Å². The molecule has 7 nitrogen and oxygen atoms in total. The first kappa shape index (κ1) is 10.9. The molecular formula is C10H11N7. The van der Waals surface area contributed by atoms with Crippen molar-refractivity contribution in [2.24, 2.45) is 0 Å². The highest BCUT2D eigenvalue weighted by molar-refractivity contribution is 5.63. The molecule has 0 aliphatic heterocycles. The number of anilines is 2. The van der Waals surface area contributed by atoms with E-state index >= 15 is 0 Å². The molecule has 17 heavy (non-hydrogen) atoms. The van der Waals surface area contributed by atoms with Crippen molar-refractivity contribution in [3.05, 3.63) is 29.6 Å². The van der Waals surface area contributed by atoms with Crippen molar-refractivity contribution in [1.29, 1.82) is 5.26 Å². The number of H-pyrrole nitrogens is 1. The van der Waals surface area contributed by atoms with E-state index < -0.39 is 0 Å². The molecule has 0 saturated heterocycles. The van der Waals surface area contributed by atoms with Crippen molar-refractivity contribution in [2.75, 3.05) is 11.1 Å². The SMILES string of the molecule is CC(Nc1ccc(N)cc1C#N)c1nn[nH]n1. The fourth-order valence-electron chi connectivity index (χ4n) is 1.43. The molecule has 86 valence electrons. The van der Waals surface area contributed by atoms with Crippen LogP contribution in [0, 0.1) is 11.3 Å². The van der Waals surface area contributed by atoms with Crippen LogP contribution in [0.4, 0.5) is 11.4 Å². The molecule has 2 aromatic rings. The number of nitrogens with one attached hydrogen (secondary N) is 2. The molecule has 0 aliphatic rings. The zero-order valence-corrected chi connectivity index (χ0v) is 9.18. The summed E-state index contributed by atoms with van der Waals surface area (Å²) < 4.78 is 0. The summed E-state index contributed by atoms with van der Waals surface area (Å²) in [6.45, 7) is 1.88. The maximum atomic E-state index is 8.99. The number of tetrazole rings is 1. The quantitative estimate of drug-likeness (QED) is 0.671. The van der Waals surface area contributed by atoms with Gasteiger partial charge in [-0.05, 0) is 25.1 Å². The van der Waals surface area contributed by atoms with Crippen LogP contribution in [0.3, 0.4) is 0 Å². The third-order valence-electron chi connectivity index (χ3n) is 2.29. The minimum absolute atomic E-state index is 0.149. The number of hydrogen-bond acceptors (Lipinski definition) is 6. The Labute approximate surface area is 97.6 Å². The standard InChI is InChI=1S/C10H11N7/c1-6(10-14-16-17-15-10)13-9-3-2-8(12)4-7(9)5-11/h2-4,6,13H,12H2,1H3,(H,14,15,16,17). The summed E-state index contributed by atoms with van der Waals surface area (Å²) >= 11 is 0. The van der Waals surface area contributed by atoms with E-state index in [1.54, 1.807) is 18.2 Å². The molecule has 2 rings (SSSR count). The summed E-state index contributed by atoms with van der Waals surface area (Å²) in [7, 11) is 0. The van der Waals surface area contributed by atoms with Gasteiger partial charge in [-0.1, -0.05) is 5.21 Å². The summed E-state index contributed by atoms with van der Waals surface area (Å²) in [5, 5.41) is 25.7. The van der Waals surface area contributed by atoms with Crippen molar-refractivity contribution in [3.8, 4) is 6.07 Å². The second kappa shape index (κ2) is 4.49. The van der Waals surface area contributed by atoms with E-state index in [9.17, 15) is 0 Å². The van der Waals surface area contributed by atoms with E-state index in [0.29, 0.717) is 22.8 Å². The molecule has 0 amide bonds. The normalized spacial score (nSPS) is 11.8. The first-order valence-corrected chi connectivity index (χ1v) is 5.00. The Balaban J connectivity index is 2.22. The summed E-state index contributed by atoms with van der Waals surface area (Å²) in [6.07, 6.45) is 0. The number of nitrogen functional groups attached to an aromatic ring is 1. The van der Waals surface area contributed by atoms with Crippen LogP contribution in [0.5, 0.6) is 0 Å². The van der Waals surface area contributed by atoms with Crippen LogP contribution >= 0.6 is 0 Å². The Bertz CT molecular complexity index is 540. The lowest BCUT2D eigenvalue weighted by Gasteiger charge is -2.12. The van der Waals surface area contributed by atoms with Gasteiger partial charge in [-0.15, -0.1) is 10.2 Å². The Morgan fingerprint density at radius 3 is 3.00 bits per heavy atom. The van der Waals surface area contributed by atoms with E-state index in [4.69, 9.17) is 11.0 Å². The van der Waals surface area contributed by atoms with Crippen molar-refractivity contribution < 1.29 is 0 Å².